The summed E-state index contributed by atoms with van der Waals surface area (Å²) >= 11 is 1.27. The molecule has 0 spiro atoms. The number of nitrogen functional groups attached to an aromatic ring is 1. The lowest BCUT2D eigenvalue weighted by atomic mass is 10.0. The van der Waals surface area contributed by atoms with Crippen LogP contribution in [0.25, 0.3) is 0 Å². The van der Waals surface area contributed by atoms with Gasteiger partial charge in [-0.15, -0.1) is 10.2 Å². The molecule has 2 N–H and O–H groups in total. The molecule has 0 bridgehead atoms. The number of nitrogens with two attached hydrogens (primary N) is 1. The molecule has 0 fully saturated rings. The minimum Gasteiger partial charge on any atom is -0.374 e. The van der Waals surface area contributed by atoms with Crippen molar-refractivity contribution in [3.8, 4) is 0 Å². The van der Waals surface area contributed by atoms with Gasteiger partial charge >= 0.3 is 6.18 Å². The third kappa shape index (κ3) is 3.66. The van der Waals surface area contributed by atoms with Crippen molar-refractivity contribution in [2.24, 2.45) is 0 Å². The monoisotopic (exact) mass is 287 g/mol. The van der Waals surface area contributed by atoms with Crippen LogP contribution in [-0.4, -0.2) is 10.2 Å². The van der Waals surface area contributed by atoms with Crippen molar-refractivity contribution < 1.29 is 13.2 Å². The van der Waals surface area contributed by atoms with E-state index in [1.165, 1.54) is 23.5 Å². The molecular formula is C12H12F3N3S. The van der Waals surface area contributed by atoms with E-state index in [9.17, 15) is 13.2 Å². The summed E-state index contributed by atoms with van der Waals surface area (Å²) in [7, 11) is 0. The number of hydrogen-bond donors (Lipinski definition) is 1. The zero-order chi connectivity index (χ0) is 13.9. The average Bonchev–Trinajstić information content (AvgIpc) is 2.74. The number of benzene rings is 1. The molecule has 0 aliphatic carbocycles. The van der Waals surface area contributed by atoms with Gasteiger partial charge in [0.1, 0.15) is 5.01 Å². The van der Waals surface area contributed by atoms with Gasteiger partial charge in [0.05, 0.1) is 5.56 Å². The molecule has 7 heteroatoms. The van der Waals surface area contributed by atoms with Gasteiger partial charge in [0, 0.05) is 6.42 Å². The van der Waals surface area contributed by atoms with Crippen LogP contribution < -0.4 is 5.73 Å². The fourth-order valence-electron chi connectivity index (χ4n) is 1.81. The molecule has 0 saturated heterocycles. The summed E-state index contributed by atoms with van der Waals surface area (Å²) in [6.45, 7) is 0. The zero-order valence-electron chi connectivity index (χ0n) is 9.94. The summed E-state index contributed by atoms with van der Waals surface area (Å²) < 4.78 is 38.3. The smallest absolute Gasteiger partial charge is 0.374 e. The van der Waals surface area contributed by atoms with E-state index < -0.39 is 11.7 Å². The summed E-state index contributed by atoms with van der Waals surface area (Å²) in [5.41, 5.74) is 5.19. The van der Waals surface area contributed by atoms with Gasteiger partial charge in [0.25, 0.3) is 0 Å². The predicted molar refractivity (Wildman–Crippen MR) is 67.8 cm³/mol. The van der Waals surface area contributed by atoms with Crippen molar-refractivity contribution in [3.05, 3.63) is 40.4 Å². The molecule has 1 aromatic heterocycles. The first-order valence-corrected chi connectivity index (χ1v) is 6.51. The normalized spacial score (nSPS) is 11.7. The van der Waals surface area contributed by atoms with Crippen LogP contribution in [0.4, 0.5) is 18.3 Å². The molecule has 0 aliphatic rings. The van der Waals surface area contributed by atoms with Crippen molar-refractivity contribution in [1.29, 1.82) is 0 Å². The van der Waals surface area contributed by atoms with E-state index in [1.54, 1.807) is 6.07 Å². The van der Waals surface area contributed by atoms with Gasteiger partial charge in [-0.05, 0) is 24.5 Å². The average molecular weight is 287 g/mol. The van der Waals surface area contributed by atoms with Crippen LogP contribution in [0.5, 0.6) is 0 Å². The molecule has 1 aromatic carbocycles. The Labute approximate surface area is 112 Å². The topological polar surface area (TPSA) is 51.8 Å². The SMILES string of the molecule is Nc1nnc(CCCc2ccccc2C(F)(F)F)s1. The van der Waals surface area contributed by atoms with E-state index in [2.05, 4.69) is 10.2 Å². The Balaban J connectivity index is 2.00. The molecule has 0 atom stereocenters. The summed E-state index contributed by atoms with van der Waals surface area (Å²) in [6.07, 6.45) is -2.78. The quantitative estimate of drug-likeness (QED) is 0.938. The number of aromatic nitrogens is 2. The summed E-state index contributed by atoms with van der Waals surface area (Å²) in [5, 5.41) is 8.64. The maximum absolute atomic E-state index is 12.8. The minimum absolute atomic E-state index is 0.312. The van der Waals surface area contributed by atoms with Crippen LogP contribution in [0.2, 0.25) is 0 Å². The molecule has 2 rings (SSSR count). The number of hydrogen-bond acceptors (Lipinski definition) is 4. The first-order valence-electron chi connectivity index (χ1n) is 5.70. The highest BCUT2D eigenvalue weighted by atomic mass is 32.1. The van der Waals surface area contributed by atoms with Gasteiger partial charge < -0.3 is 5.73 Å². The van der Waals surface area contributed by atoms with Crippen LogP contribution in [-0.2, 0) is 19.0 Å². The number of anilines is 1. The van der Waals surface area contributed by atoms with Gasteiger partial charge in [-0.2, -0.15) is 13.2 Å². The van der Waals surface area contributed by atoms with E-state index in [0.29, 0.717) is 30.0 Å². The van der Waals surface area contributed by atoms with E-state index in [1.807, 2.05) is 0 Å². The van der Waals surface area contributed by atoms with Crippen molar-refractivity contribution in [3.63, 3.8) is 0 Å². The van der Waals surface area contributed by atoms with E-state index in [4.69, 9.17) is 5.73 Å². The molecule has 0 saturated carbocycles. The lowest BCUT2D eigenvalue weighted by Crippen LogP contribution is -2.09. The largest absolute Gasteiger partial charge is 0.416 e. The Bertz CT molecular complexity index is 551. The van der Waals surface area contributed by atoms with E-state index >= 15 is 0 Å². The highest BCUT2D eigenvalue weighted by Gasteiger charge is 2.32. The fourth-order valence-corrected chi connectivity index (χ4v) is 2.46. The fraction of sp³-hybridized carbons (Fsp3) is 0.333. The van der Waals surface area contributed by atoms with Gasteiger partial charge in [-0.3, -0.25) is 0 Å². The highest BCUT2D eigenvalue weighted by molar-refractivity contribution is 7.15. The molecule has 1 heterocycles. The standard InChI is InChI=1S/C12H12F3N3S/c13-12(14,15)9-6-2-1-4-8(9)5-3-7-10-17-18-11(16)19-10/h1-2,4,6H,3,5,7H2,(H2,16,18). The lowest BCUT2D eigenvalue weighted by molar-refractivity contribution is -0.138. The predicted octanol–water partition coefficient (Wildman–Crippen LogP) is 3.31. The van der Waals surface area contributed by atoms with Crippen LogP contribution in [0.15, 0.2) is 24.3 Å². The second-order valence-electron chi connectivity index (χ2n) is 4.04. The molecule has 0 aliphatic heterocycles. The summed E-state index contributed by atoms with van der Waals surface area (Å²) in [5.74, 6) is 0. The summed E-state index contributed by atoms with van der Waals surface area (Å²) in [4.78, 5) is 0. The number of rotatable bonds is 4. The molecule has 0 unspecified atom stereocenters. The minimum atomic E-state index is -4.30. The third-order valence-corrected chi connectivity index (χ3v) is 3.45. The van der Waals surface area contributed by atoms with E-state index in [-0.39, 0.29) is 0 Å². The van der Waals surface area contributed by atoms with Crippen LogP contribution >= 0.6 is 11.3 Å². The van der Waals surface area contributed by atoms with Gasteiger partial charge in [-0.25, -0.2) is 0 Å². The second-order valence-corrected chi connectivity index (χ2v) is 5.14. The molecular weight excluding hydrogens is 275 g/mol. The Morgan fingerprint density at radius 2 is 1.84 bits per heavy atom. The Hall–Kier alpha value is -1.63. The highest BCUT2D eigenvalue weighted by Crippen LogP contribution is 2.32. The van der Waals surface area contributed by atoms with Crippen molar-refractivity contribution in [2.45, 2.75) is 25.4 Å². The molecule has 0 amide bonds. The van der Waals surface area contributed by atoms with Gasteiger partial charge in [-0.1, -0.05) is 29.5 Å². The van der Waals surface area contributed by atoms with Crippen molar-refractivity contribution >= 4 is 16.5 Å². The number of alkyl halides is 3. The lowest BCUT2D eigenvalue weighted by Gasteiger charge is -2.11. The maximum atomic E-state index is 12.8. The summed E-state index contributed by atoms with van der Waals surface area (Å²) in [6, 6.07) is 5.64. The molecule has 2 aromatic rings. The zero-order valence-corrected chi connectivity index (χ0v) is 10.8. The Morgan fingerprint density at radius 3 is 2.47 bits per heavy atom. The third-order valence-electron chi connectivity index (χ3n) is 2.64. The van der Waals surface area contributed by atoms with Crippen LogP contribution in [0.3, 0.4) is 0 Å². The number of halogens is 3. The molecule has 102 valence electrons. The number of nitrogens with zero attached hydrogens (tertiary/aromatic N) is 2. The van der Waals surface area contributed by atoms with Crippen molar-refractivity contribution in [1.82, 2.24) is 10.2 Å². The molecule has 0 radical (unpaired) electrons. The Kier molecular flexibility index (Phi) is 4.04. The first-order chi connectivity index (χ1) is 8.97. The molecule has 3 nitrogen and oxygen atoms in total. The van der Waals surface area contributed by atoms with Crippen molar-refractivity contribution in [2.75, 3.05) is 5.73 Å². The molecule has 19 heavy (non-hydrogen) atoms. The van der Waals surface area contributed by atoms with Crippen LogP contribution in [0, 0.1) is 0 Å². The maximum Gasteiger partial charge on any atom is 0.416 e. The van der Waals surface area contributed by atoms with Gasteiger partial charge in [0.2, 0.25) is 5.13 Å². The van der Waals surface area contributed by atoms with E-state index in [0.717, 1.165) is 11.1 Å². The van der Waals surface area contributed by atoms with Crippen LogP contribution in [0.1, 0.15) is 22.6 Å². The first kappa shape index (κ1) is 13.8. The second kappa shape index (κ2) is 5.56. The number of aryl methyl sites for hydroxylation is 2. The Morgan fingerprint density at radius 1 is 1.11 bits per heavy atom. The van der Waals surface area contributed by atoms with Gasteiger partial charge in [0.15, 0.2) is 0 Å².